The van der Waals surface area contributed by atoms with Gasteiger partial charge < -0.3 is 10.1 Å². The van der Waals surface area contributed by atoms with E-state index in [2.05, 4.69) is 4.98 Å². The molecule has 100 valence electrons. The van der Waals surface area contributed by atoms with E-state index in [-0.39, 0.29) is 0 Å². The third kappa shape index (κ3) is 1.86. The number of primary amides is 1. The summed E-state index contributed by atoms with van der Waals surface area (Å²) in [7, 11) is 0. The lowest BCUT2D eigenvalue weighted by Gasteiger charge is -2.02. The molecule has 0 unspecified atom stereocenters. The molecule has 2 N–H and O–H groups in total. The minimum atomic E-state index is -0.455. The first-order chi connectivity index (χ1) is 9.58. The van der Waals surface area contributed by atoms with E-state index in [1.54, 1.807) is 0 Å². The van der Waals surface area contributed by atoms with Crippen LogP contribution in [0, 0.1) is 13.8 Å². The lowest BCUT2D eigenvalue weighted by Crippen LogP contribution is -2.12. The first-order valence-corrected chi connectivity index (χ1v) is 6.42. The largest absolute Gasteiger partial charge is 0.365 e. The Balaban J connectivity index is 2.41. The third-order valence-electron chi connectivity index (χ3n) is 3.39. The second-order valence-electron chi connectivity index (χ2n) is 4.88. The van der Waals surface area contributed by atoms with Gasteiger partial charge in [0.05, 0.1) is 5.56 Å². The summed E-state index contributed by atoms with van der Waals surface area (Å²) in [6, 6.07) is 11.7. The summed E-state index contributed by atoms with van der Waals surface area (Å²) in [4.78, 5) is 16.3. The maximum absolute atomic E-state index is 11.9. The van der Waals surface area contributed by atoms with E-state index >= 15 is 0 Å². The zero-order chi connectivity index (χ0) is 14.3. The van der Waals surface area contributed by atoms with Gasteiger partial charge in [0.15, 0.2) is 5.65 Å². The molecule has 4 nitrogen and oxygen atoms in total. The first kappa shape index (κ1) is 12.4. The molecule has 2 aromatic heterocycles. The third-order valence-corrected chi connectivity index (χ3v) is 3.39. The molecule has 0 aliphatic heterocycles. The van der Waals surface area contributed by atoms with E-state index in [9.17, 15) is 4.79 Å². The molecule has 3 rings (SSSR count). The standard InChI is InChI=1S/C16H15N3O/c1-10-8-11(2)19-9-13(12-6-4-3-5-7-12)14(15(17)20)16(19)18-10/h3-9H,1-2H3,(H2,17,20). The molecule has 0 fully saturated rings. The normalized spacial score (nSPS) is 10.9. The van der Waals surface area contributed by atoms with Crippen molar-refractivity contribution in [2.45, 2.75) is 13.8 Å². The number of rotatable bonds is 2. The fraction of sp³-hybridized carbons (Fsp3) is 0.125. The maximum atomic E-state index is 11.9. The molecule has 1 amide bonds. The molecule has 0 spiro atoms. The van der Waals surface area contributed by atoms with E-state index in [4.69, 9.17) is 5.73 Å². The number of aryl methyl sites for hydroxylation is 2. The Morgan fingerprint density at radius 3 is 2.55 bits per heavy atom. The molecule has 4 heteroatoms. The van der Waals surface area contributed by atoms with Gasteiger partial charge in [0.1, 0.15) is 0 Å². The van der Waals surface area contributed by atoms with Crippen LogP contribution in [0.2, 0.25) is 0 Å². The minimum absolute atomic E-state index is 0.455. The zero-order valence-corrected chi connectivity index (χ0v) is 11.4. The zero-order valence-electron chi connectivity index (χ0n) is 11.4. The van der Waals surface area contributed by atoms with E-state index in [0.29, 0.717) is 11.2 Å². The Bertz CT molecular complexity index is 803. The Labute approximate surface area is 116 Å². The molecule has 0 atom stereocenters. The van der Waals surface area contributed by atoms with Gasteiger partial charge in [-0.3, -0.25) is 4.79 Å². The Hall–Kier alpha value is -2.62. The smallest absolute Gasteiger partial charge is 0.253 e. The molecule has 3 aromatic rings. The summed E-state index contributed by atoms with van der Waals surface area (Å²) in [6.45, 7) is 3.90. The van der Waals surface area contributed by atoms with Gasteiger partial charge in [-0.1, -0.05) is 30.3 Å². The molecule has 0 aliphatic rings. The van der Waals surface area contributed by atoms with Crippen LogP contribution in [-0.4, -0.2) is 15.3 Å². The summed E-state index contributed by atoms with van der Waals surface area (Å²) in [5.41, 5.74) is 10.3. The van der Waals surface area contributed by atoms with E-state index in [0.717, 1.165) is 22.5 Å². The number of nitrogens with zero attached hydrogens (tertiary/aromatic N) is 2. The number of carbonyl (C=O) groups is 1. The number of amides is 1. The maximum Gasteiger partial charge on any atom is 0.253 e. The molecular formula is C16H15N3O. The summed E-state index contributed by atoms with van der Waals surface area (Å²) < 4.78 is 1.91. The van der Waals surface area contributed by atoms with Gasteiger partial charge >= 0.3 is 0 Å². The van der Waals surface area contributed by atoms with E-state index in [1.807, 2.05) is 60.8 Å². The van der Waals surface area contributed by atoms with Crippen molar-refractivity contribution in [2.24, 2.45) is 5.73 Å². The van der Waals surface area contributed by atoms with Gasteiger partial charge in [0.25, 0.3) is 5.91 Å². The molecular weight excluding hydrogens is 250 g/mol. The quantitative estimate of drug-likeness (QED) is 0.774. The highest BCUT2D eigenvalue weighted by molar-refractivity contribution is 6.06. The Morgan fingerprint density at radius 2 is 1.90 bits per heavy atom. The molecule has 0 bridgehead atoms. The van der Waals surface area contributed by atoms with Gasteiger partial charge in [-0.15, -0.1) is 0 Å². The average Bonchev–Trinajstić information content (AvgIpc) is 2.79. The molecule has 0 saturated carbocycles. The van der Waals surface area contributed by atoms with Gasteiger partial charge in [0, 0.05) is 23.1 Å². The SMILES string of the molecule is Cc1cc(C)n2cc(-c3ccccc3)c(C(N)=O)c2n1. The summed E-state index contributed by atoms with van der Waals surface area (Å²) in [6.07, 6.45) is 1.92. The van der Waals surface area contributed by atoms with Gasteiger partial charge in [-0.2, -0.15) is 0 Å². The second kappa shape index (κ2) is 4.49. The first-order valence-electron chi connectivity index (χ1n) is 6.42. The average molecular weight is 265 g/mol. The lowest BCUT2D eigenvalue weighted by atomic mass is 10.0. The van der Waals surface area contributed by atoms with Crippen LogP contribution in [0.25, 0.3) is 16.8 Å². The van der Waals surface area contributed by atoms with Crippen molar-refractivity contribution in [2.75, 3.05) is 0 Å². The van der Waals surface area contributed by atoms with Gasteiger partial charge in [-0.05, 0) is 25.5 Å². The number of fused-ring (bicyclic) bond motifs is 1. The van der Waals surface area contributed by atoms with Crippen molar-refractivity contribution in [3.8, 4) is 11.1 Å². The highest BCUT2D eigenvalue weighted by Gasteiger charge is 2.19. The van der Waals surface area contributed by atoms with Crippen molar-refractivity contribution in [3.05, 3.63) is 59.5 Å². The van der Waals surface area contributed by atoms with Crippen LogP contribution < -0.4 is 5.73 Å². The number of aromatic nitrogens is 2. The monoisotopic (exact) mass is 265 g/mol. The van der Waals surface area contributed by atoms with Crippen LogP contribution in [0.1, 0.15) is 21.7 Å². The Kier molecular flexibility index (Phi) is 2.79. The van der Waals surface area contributed by atoms with Crippen molar-refractivity contribution in [1.82, 2.24) is 9.38 Å². The minimum Gasteiger partial charge on any atom is -0.365 e. The van der Waals surface area contributed by atoms with Crippen LogP contribution in [0.5, 0.6) is 0 Å². The Morgan fingerprint density at radius 1 is 1.20 bits per heavy atom. The summed E-state index contributed by atoms with van der Waals surface area (Å²) >= 11 is 0. The predicted molar refractivity (Wildman–Crippen MR) is 78.6 cm³/mol. The molecule has 0 radical (unpaired) electrons. The van der Waals surface area contributed by atoms with E-state index < -0.39 is 5.91 Å². The fourth-order valence-corrected chi connectivity index (χ4v) is 2.52. The number of hydrogen-bond acceptors (Lipinski definition) is 2. The van der Waals surface area contributed by atoms with Crippen molar-refractivity contribution >= 4 is 11.6 Å². The molecule has 20 heavy (non-hydrogen) atoms. The van der Waals surface area contributed by atoms with Gasteiger partial charge in [0.2, 0.25) is 0 Å². The van der Waals surface area contributed by atoms with Crippen LogP contribution in [0.15, 0.2) is 42.6 Å². The highest BCUT2D eigenvalue weighted by Crippen LogP contribution is 2.28. The fourth-order valence-electron chi connectivity index (χ4n) is 2.52. The van der Waals surface area contributed by atoms with Crippen molar-refractivity contribution in [1.29, 1.82) is 0 Å². The van der Waals surface area contributed by atoms with Crippen molar-refractivity contribution < 1.29 is 4.79 Å². The van der Waals surface area contributed by atoms with Gasteiger partial charge in [-0.25, -0.2) is 4.98 Å². The van der Waals surface area contributed by atoms with Crippen LogP contribution >= 0.6 is 0 Å². The van der Waals surface area contributed by atoms with Crippen LogP contribution in [-0.2, 0) is 0 Å². The number of carbonyl (C=O) groups excluding carboxylic acids is 1. The molecule has 1 aromatic carbocycles. The molecule has 0 saturated heterocycles. The summed E-state index contributed by atoms with van der Waals surface area (Å²) in [5, 5.41) is 0. The number of nitrogens with two attached hydrogens (primary N) is 1. The van der Waals surface area contributed by atoms with Crippen LogP contribution in [0.3, 0.4) is 0 Å². The second-order valence-corrected chi connectivity index (χ2v) is 4.88. The predicted octanol–water partition coefficient (Wildman–Crippen LogP) is 2.72. The number of benzene rings is 1. The molecule has 0 aliphatic carbocycles. The highest BCUT2D eigenvalue weighted by atomic mass is 16.1. The summed E-state index contributed by atoms with van der Waals surface area (Å²) in [5.74, 6) is -0.455. The lowest BCUT2D eigenvalue weighted by molar-refractivity contribution is 0.100. The van der Waals surface area contributed by atoms with Crippen LogP contribution in [0.4, 0.5) is 0 Å². The number of hydrogen-bond donors (Lipinski definition) is 1. The topological polar surface area (TPSA) is 60.4 Å². The molecule has 2 heterocycles. The van der Waals surface area contributed by atoms with E-state index in [1.165, 1.54) is 0 Å². The van der Waals surface area contributed by atoms with Crippen molar-refractivity contribution in [3.63, 3.8) is 0 Å².